The van der Waals surface area contributed by atoms with Crippen LogP contribution in [0.25, 0.3) is 16.5 Å². The number of rotatable bonds is 5. The molecule has 0 aliphatic carbocycles. The van der Waals surface area contributed by atoms with Crippen molar-refractivity contribution in [3.05, 3.63) is 64.5 Å². The van der Waals surface area contributed by atoms with Crippen molar-refractivity contribution in [1.82, 2.24) is 9.88 Å². The fourth-order valence-corrected chi connectivity index (χ4v) is 4.31. The summed E-state index contributed by atoms with van der Waals surface area (Å²) < 4.78 is 0. The Hall–Kier alpha value is -2.33. The molecule has 0 bridgehead atoms. The standard InChI is InChI=1S/C21H22N2OS/c24-21(23-12-10-16(11-13-23)20-8-4-14-25-20)9-3-5-17-15-22-19-7-2-1-6-18(17)19/h1-2,4,6-8,10,14-15,22H,3,5,9,11-13H2. The van der Waals surface area contributed by atoms with Crippen molar-refractivity contribution in [3.8, 4) is 0 Å². The molecule has 0 unspecified atom stereocenters. The van der Waals surface area contributed by atoms with Gasteiger partial charge in [0.2, 0.25) is 5.91 Å². The van der Waals surface area contributed by atoms with Gasteiger partial charge in [-0.2, -0.15) is 0 Å². The minimum absolute atomic E-state index is 0.279. The zero-order valence-electron chi connectivity index (χ0n) is 14.2. The lowest BCUT2D eigenvalue weighted by Crippen LogP contribution is -2.34. The minimum Gasteiger partial charge on any atom is -0.361 e. The molecule has 0 fully saturated rings. The molecule has 0 saturated carbocycles. The lowest BCUT2D eigenvalue weighted by atomic mass is 10.0. The SMILES string of the molecule is O=C(CCCc1c[nH]c2ccccc12)N1CC=C(c2cccs2)CC1. The molecule has 25 heavy (non-hydrogen) atoms. The van der Waals surface area contributed by atoms with Crippen LogP contribution in [0.2, 0.25) is 0 Å². The summed E-state index contributed by atoms with van der Waals surface area (Å²) in [5, 5.41) is 3.38. The summed E-state index contributed by atoms with van der Waals surface area (Å²) in [7, 11) is 0. The van der Waals surface area contributed by atoms with Crippen LogP contribution in [-0.2, 0) is 11.2 Å². The van der Waals surface area contributed by atoms with Crippen molar-refractivity contribution >= 4 is 33.7 Å². The Morgan fingerprint density at radius 2 is 2.12 bits per heavy atom. The summed E-state index contributed by atoms with van der Waals surface area (Å²) in [4.78, 5) is 19.1. The van der Waals surface area contributed by atoms with Crippen molar-refractivity contribution in [2.24, 2.45) is 0 Å². The van der Waals surface area contributed by atoms with Gasteiger partial charge in [0.1, 0.15) is 0 Å². The number of hydrogen-bond acceptors (Lipinski definition) is 2. The van der Waals surface area contributed by atoms with Crippen LogP contribution in [-0.4, -0.2) is 28.9 Å². The van der Waals surface area contributed by atoms with Crippen molar-refractivity contribution in [2.45, 2.75) is 25.7 Å². The zero-order valence-corrected chi connectivity index (χ0v) is 15.0. The molecule has 0 spiro atoms. The quantitative estimate of drug-likeness (QED) is 0.700. The Balaban J connectivity index is 1.30. The third kappa shape index (κ3) is 3.54. The van der Waals surface area contributed by atoms with Gasteiger partial charge in [-0.05, 0) is 47.9 Å². The minimum atomic E-state index is 0.279. The molecule has 4 rings (SSSR count). The molecule has 3 aromatic rings. The molecular formula is C21H22N2OS. The van der Waals surface area contributed by atoms with Gasteiger partial charge in [-0.3, -0.25) is 4.79 Å². The number of hydrogen-bond donors (Lipinski definition) is 1. The number of benzene rings is 1. The number of aromatic nitrogens is 1. The maximum atomic E-state index is 12.5. The van der Waals surface area contributed by atoms with E-state index < -0.39 is 0 Å². The van der Waals surface area contributed by atoms with Crippen molar-refractivity contribution in [3.63, 3.8) is 0 Å². The number of para-hydroxylation sites is 1. The number of carbonyl (C=O) groups is 1. The van der Waals surface area contributed by atoms with Gasteiger partial charge < -0.3 is 9.88 Å². The molecule has 0 saturated heterocycles. The monoisotopic (exact) mass is 350 g/mol. The van der Waals surface area contributed by atoms with Crippen LogP contribution in [0.15, 0.2) is 54.1 Å². The summed E-state index contributed by atoms with van der Waals surface area (Å²) in [6.07, 6.45) is 7.73. The molecule has 0 atom stereocenters. The van der Waals surface area contributed by atoms with Gasteiger partial charge >= 0.3 is 0 Å². The van der Waals surface area contributed by atoms with E-state index in [2.05, 4.69) is 53.0 Å². The Labute approximate surface area is 152 Å². The second-order valence-electron chi connectivity index (χ2n) is 6.51. The lowest BCUT2D eigenvalue weighted by molar-refractivity contribution is -0.130. The van der Waals surface area contributed by atoms with Crippen LogP contribution in [0, 0.1) is 0 Å². The third-order valence-electron chi connectivity index (χ3n) is 4.91. The number of aromatic amines is 1. The van der Waals surface area contributed by atoms with E-state index in [-0.39, 0.29) is 5.91 Å². The molecule has 2 aromatic heterocycles. The first kappa shape index (κ1) is 16.2. The highest BCUT2D eigenvalue weighted by atomic mass is 32.1. The predicted octanol–water partition coefficient (Wildman–Crippen LogP) is 4.87. The normalized spacial score (nSPS) is 14.7. The molecule has 1 amide bonds. The number of fused-ring (bicyclic) bond motifs is 1. The Morgan fingerprint density at radius 1 is 1.20 bits per heavy atom. The molecule has 1 N–H and O–H groups in total. The van der Waals surface area contributed by atoms with Crippen LogP contribution >= 0.6 is 11.3 Å². The fourth-order valence-electron chi connectivity index (χ4n) is 3.51. The first-order chi connectivity index (χ1) is 12.3. The van der Waals surface area contributed by atoms with Crippen LogP contribution in [0.4, 0.5) is 0 Å². The van der Waals surface area contributed by atoms with Gasteiger partial charge in [-0.1, -0.05) is 30.3 Å². The van der Waals surface area contributed by atoms with E-state index in [9.17, 15) is 4.79 Å². The topological polar surface area (TPSA) is 36.1 Å². The van der Waals surface area contributed by atoms with E-state index in [0.717, 1.165) is 32.4 Å². The Morgan fingerprint density at radius 3 is 2.92 bits per heavy atom. The number of nitrogens with one attached hydrogen (secondary N) is 1. The molecule has 4 heteroatoms. The molecular weight excluding hydrogens is 328 g/mol. The van der Waals surface area contributed by atoms with Crippen LogP contribution in [0.5, 0.6) is 0 Å². The van der Waals surface area contributed by atoms with Crippen molar-refractivity contribution in [1.29, 1.82) is 0 Å². The van der Waals surface area contributed by atoms with Crippen LogP contribution in [0.1, 0.15) is 29.7 Å². The number of amides is 1. The first-order valence-electron chi connectivity index (χ1n) is 8.87. The summed E-state index contributed by atoms with van der Waals surface area (Å²) in [5.74, 6) is 0.279. The third-order valence-corrected chi connectivity index (χ3v) is 5.86. The van der Waals surface area contributed by atoms with E-state index in [1.165, 1.54) is 26.9 Å². The van der Waals surface area contributed by atoms with Gasteiger partial charge in [0.05, 0.1) is 0 Å². The lowest BCUT2D eigenvalue weighted by Gasteiger charge is -2.26. The molecule has 1 aromatic carbocycles. The molecule has 128 valence electrons. The van der Waals surface area contributed by atoms with E-state index in [1.54, 1.807) is 11.3 Å². The van der Waals surface area contributed by atoms with Gasteiger partial charge in [-0.25, -0.2) is 0 Å². The second-order valence-corrected chi connectivity index (χ2v) is 7.46. The average Bonchev–Trinajstić information content (AvgIpc) is 3.32. The first-order valence-corrected chi connectivity index (χ1v) is 9.75. The van der Waals surface area contributed by atoms with Gasteiger partial charge in [0.15, 0.2) is 0 Å². The number of thiophene rings is 1. The highest BCUT2D eigenvalue weighted by Gasteiger charge is 2.18. The maximum absolute atomic E-state index is 12.5. The van der Waals surface area contributed by atoms with E-state index in [4.69, 9.17) is 0 Å². The largest absolute Gasteiger partial charge is 0.361 e. The van der Waals surface area contributed by atoms with E-state index in [0.29, 0.717) is 6.42 Å². The maximum Gasteiger partial charge on any atom is 0.222 e. The van der Waals surface area contributed by atoms with E-state index >= 15 is 0 Å². The molecule has 3 heterocycles. The Bertz CT molecular complexity index is 892. The van der Waals surface area contributed by atoms with Crippen molar-refractivity contribution in [2.75, 3.05) is 13.1 Å². The van der Waals surface area contributed by atoms with Crippen LogP contribution < -0.4 is 0 Å². The fraction of sp³-hybridized carbons (Fsp3) is 0.286. The van der Waals surface area contributed by atoms with Gasteiger partial charge in [0, 0.05) is 41.5 Å². The van der Waals surface area contributed by atoms with Gasteiger partial charge in [0.25, 0.3) is 0 Å². The molecule has 1 aliphatic heterocycles. The summed E-state index contributed by atoms with van der Waals surface area (Å²) in [6, 6.07) is 12.6. The number of carbonyl (C=O) groups excluding carboxylic acids is 1. The zero-order chi connectivity index (χ0) is 17.1. The van der Waals surface area contributed by atoms with Crippen molar-refractivity contribution < 1.29 is 4.79 Å². The number of nitrogens with zero attached hydrogens (tertiary/aromatic N) is 1. The highest BCUT2D eigenvalue weighted by molar-refractivity contribution is 7.11. The predicted molar refractivity (Wildman–Crippen MR) is 105 cm³/mol. The summed E-state index contributed by atoms with van der Waals surface area (Å²) >= 11 is 1.78. The van der Waals surface area contributed by atoms with E-state index in [1.807, 2.05) is 11.0 Å². The van der Waals surface area contributed by atoms with Gasteiger partial charge in [-0.15, -0.1) is 11.3 Å². The number of aryl methyl sites for hydroxylation is 1. The number of H-pyrrole nitrogens is 1. The smallest absolute Gasteiger partial charge is 0.222 e. The highest BCUT2D eigenvalue weighted by Crippen LogP contribution is 2.26. The molecule has 1 aliphatic rings. The van der Waals surface area contributed by atoms with Crippen LogP contribution in [0.3, 0.4) is 0 Å². The molecule has 3 nitrogen and oxygen atoms in total. The average molecular weight is 350 g/mol. The summed E-state index contributed by atoms with van der Waals surface area (Å²) in [6.45, 7) is 1.59. The summed E-state index contributed by atoms with van der Waals surface area (Å²) in [5.41, 5.74) is 3.87. The second kappa shape index (κ2) is 7.28. The Kier molecular flexibility index (Phi) is 4.70. The molecule has 0 radical (unpaired) electrons.